The van der Waals surface area contributed by atoms with Gasteiger partial charge in [0.1, 0.15) is 5.75 Å². The Kier molecular flexibility index (Phi) is 4.26. The van der Waals surface area contributed by atoms with E-state index in [1.165, 1.54) is 30.9 Å². The molecule has 0 saturated heterocycles. The second-order valence-electron chi connectivity index (χ2n) is 3.77. The summed E-state index contributed by atoms with van der Waals surface area (Å²) in [5.74, 6) is 0.280. The zero-order chi connectivity index (χ0) is 13.1. The number of nitro groups is 1. The topological polar surface area (TPSA) is 78.7 Å². The molecule has 94 valence electrons. The Hall–Kier alpha value is -1.39. The van der Waals surface area contributed by atoms with Gasteiger partial charge in [0, 0.05) is 18.8 Å². The summed E-state index contributed by atoms with van der Waals surface area (Å²) in [6.45, 7) is 4.85. The van der Waals surface area contributed by atoms with E-state index in [0.717, 1.165) is 0 Å². The summed E-state index contributed by atoms with van der Waals surface area (Å²) in [6.07, 6.45) is -0.219. The standard InChI is InChI=1S/C10H14NO5P/c1-8(2)15-17(3,14)16-10-6-4-9(5-7-10)11(12)13/h4-8H,1-3H3/t17-/m1/s1. The SMILES string of the molecule is CC(C)O[P@@](C)(=O)Oc1ccc([N+](=O)[O-])cc1. The van der Waals surface area contributed by atoms with E-state index in [1.54, 1.807) is 13.8 Å². The summed E-state index contributed by atoms with van der Waals surface area (Å²) in [5.41, 5.74) is -0.0481. The van der Waals surface area contributed by atoms with Gasteiger partial charge in [-0.2, -0.15) is 0 Å². The molecule has 0 aliphatic carbocycles. The molecule has 0 saturated carbocycles. The predicted molar refractivity (Wildman–Crippen MR) is 63.5 cm³/mol. The predicted octanol–water partition coefficient (Wildman–Crippen LogP) is 3.22. The third-order valence-corrected chi connectivity index (χ3v) is 3.07. The lowest BCUT2D eigenvalue weighted by molar-refractivity contribution is -0.384. The molecule has 0 amide bonds. The van der Waals surface area contributed by atoms with Gasteiger partial charge in [-0.25, -0.2) is 4.57 Å². The maximum Gasteiger partial charge on any atom is 0.376 e. The number of nitrogens with zero attached hydrogens (tertiary/aromatic N) is 1. The quantitative estimate of drug-likeness (QED) is 0.460. The molecule has 6 nitrogen and oxygen atoms in total. The Morgan fingerprint density at radius 1 is 1.29 bits per heavy atom. The molecule has 0 unspecified atom stereocenters. The minimum Gasteiger partial charge on any atom is -0.425 e. The number of nitro benzene ring substituents is 1. The zero-order valence-corrected chi connectivity index (χ0v) is 10.7. The van der Waals surface area contributed by atoms with Crippen molar-refractivity contribution >= 4 is 13.3 Å². The van der Waals surface area contributed by atoms with E-state index >= 15 is 0 Å². The highest BCUT2D eigenvalue weighted by atomic mass is 31.2. The molecule has 0 N–H and O–H groups in total. The highest BCUT2D eigenvalue weighted by Crippen LogP contribution is 2.45. The average molecular weight is 259 g/mol. The molecule has 0 bridgehead atoms. The average Bonchev–Trinajstić information content (AvgIpc) is 2.15. The third kappa shape index (κ3) is 4.54. The molecule has 1 aromatic carbocycles. The first kappa shape index (κ1) is 13.7. The van der Waals surface area contributed by atoms with Crippen LogP contribution in [0.4, 0.5) is 5.69 Å². The number of benzene rings is 1. The van der Waals surface area contributed by atoms with Crippen LogP contribution >= 0.6 is 7.60 Å². The summed E-state index contributed by atoms with van der Waals surface area (Å²) in [7, 11) is -3.18. The van der Waals surface area contributed by atoms with Crippen molar-refractivity contribution in [2.75, 3.05) is 6.66 Å². The molecule has 1 atom stereocenters. The van der Waals surface area contributed by atoms with E-state index in [1.807, 2.05) is 0 Å². The maximum absolute atomic E-state index is 11.8. The van der Waals surface area contributed by atoms with Crippen LogP contribution < -0.4 is 4.52 Å². The lowest BCUT2D eigenvalue weighted by Crippen LogP contribution is -2.03. The fourth-order valence-electron chi connectivity index (χ4n) is 1.22. The molecule has 0 aliphatic rings. The van der Waals surface area contributed by atoms with Gasteiger partial charge >= 0.3 is 7.60 Å². The fraction of sp³-hybridized carbons (Fsp3) is 0.400. The van der Waals surface area contributed by atoms with Crippen LogP contribution in [0.15, 0.2) is 24.3 Å². The first-order valence-corrected chi connectivity index (χ1v) is 6.99. The number of rotatable bonds is 5. The van der Waals surface area contributed by atoms with Crippen LogP contribution in [-0.4, -0.2) is 17.7 Å². The van der Waals surface area contributed by atoms with Gasteiger partial charge in [-0.05, 0) is 26.0 Å². The summed E-state index contributed by atoms with van der Waals surface area (Å²) < 4.78 is 22.1. The Labute approximate surface area is 99.2 Å². The molecule has 0 radical (unpaired) electrons. The minimum atomic E-state index is -3.18. The Bertz CT molecular complexity index is 443. The van der Waals surface area contributed by atoms with Crippen LogP contribution in [0.1, 0.15) is 13.8 Å². The van der Waals surface area contributed by atoms with Crippen LogP contribution in [0.5, 0.6) is 5.75 Å². The van der Waals surface area contributed by atoms with E-state index < -0.39 is 12.5 Å². The highest BCUT2D eigenvalue weighted by molar-refractivity contribution is 7.53. The lowest BCUT2D eigenvalue weighted by Gasteiger charge is -2.17. The van der Waals surface area contributed by atoms with Gasteiger partial charge in [0.15, 0.2) is 0 Å². The number of hydrogen-bond acceptors (Lipinski definition) is 5. The minimum absolute atomic E-state index is 0.0481. The summed E-state index contributed by atoms with van der Waals surface area (Å²) in [6, 6.07) is 5.34. The second-order valence-corrected chi connectivity index (χ2v) is 5.70. The van der Waals surface area contributed by atoms with Crippen LogP contribution in [0, 0.1) is 10.1 Å². The normalized spacial score (nSPS) is 14.4. The summed E-state index contributed by atoms with van der Waals surface area (Å²) >= 11 is 0. The molecule has 7 heteroatoms. The van der Waals surface area contributed by atoms with Crippen molar-refractivity contribution < 1.29 is 18.5 Å². The molecule has 1 rings (SSSR count). The molecule has 0 aliphatic heterocycles. The van der Waals surface area contributed by atoms with E-state index in [2.05, 4.69) is 0 Å². The summed E-state index contributed by atoms with van der Waals surface area (Å²) in [4.78, 5) is 9.91. The lowest BCUT2D eigenvalue weighted by atomic mass is 10.3. The molecular formula is C10H14NO5P. The molecule has 17 heavy (non-hydrogen) atoms. The van der Waals surface area contributed by atoms with E-state index in [0.29, 0.717) is 0 Å². The van der Waals surface area contributed by atoms with Crippen molar-refractivity contribution in [3.63, 3.8) is 0 Å². The van der Waals surface area contributed by atoms with Crippen LogP contribution in [0.25, 0.3) is 0 Å². The van der Waals surface area contributed by atoms with Crippen LogP contribution in [-0.2, 0) is 9.09 Å². The third-order valence-electron chi connectivity index (χ3n) is 1.72. The zero-order valence-electron chi connectivity index (χ0n) is 9.82. The first-order valence-electron chi connectivity index (χ1n) is 5.00. The van der Waals surface area contributed by atoms with Crippen molar-refractivity contribution in [2.45, 2.75) is 20.0 Å². The smallest absolute Gasteiger partial charge is 0.376 e. The van der Waals surface area contributed by atoms with Gasteiger partial charge in [0.05, 0.1) is 11.0 Å². The molecule has 0 heterocycles. The molecule has 0 fully saturated rings. The molecule has 0 aromatic heterocycles. The van der Waals surface area contributed by atoms with Gasteiger partial charge < -0.3 is 4.52 Å². The van der Waals surface area contributed by atoms with Crippen molar-refractivity contribution in [1.29, 1.82) is 0 Å². The van der Waals surface area contributed by atoms with Gasteiger partial charge in [0.2, 0.25) is 0 Å². The molecule has 0 spiro atoms. The van der Waals surface area contributed by atoms with Crippen molar-refractivity contribution in [1.82, 2.24) is 0 Å². The Balaban J connectivity index is 2.75. The van der Waals surface area contributed by atoms with Gasteiger partial charge in [0.25, 0.3) is 5.69 Å². The molecule has 1 aromatic rings. The molecular weight excluding hydrogens is 245 g/mol. The van der Waals surface area contributed by atoms with Gasteiger partial charge in [-0.3, -0.25) is 14.6 Å². The van der Waals surface area contributed by atoms with Crippen molar-refractivity contribution in [3.05, 3.63) is 34.4 Å². The van der Waals surface area contributed by atoms with Crippen molar-refractivity contribution in [2.24, 2.45) is 0 Å². The van der Waals surface area contributed by atoms with Crippen LogP contribution in [0.3, 0.4) is 0 Å². The Morgan fingerprint density at radius 2 is 1.82 bits per heavy atom. The fourth-order valence-corrected chi connectivity index (χ4v) is 2.54. The highest BCUT2D eigenvalue weighted by Gasteiger charge is 2.20. The van der Waals surface area contributed by atoms with E-state index in [4.69, 9.17) is 9.05 Å². The monoisotopic (exact) mass is 259 g/mol. The maximum atomic E-state index is 11.8. The number of non-ortho nitro benzene ring substituents is 1. The van der Waals surface area contributed by atoms with E-state index in [9.17, 15) is 14.7 Å². The van der Waals surface area contributed by atoms with E-state index in [-0.39, 0.29) is 17.5 Å². The first-order chi connectivity index (χ1) is 7.80. The van der Waals surface area contributed by atoms with Crippen molar-refractivity contribution in [3.8, 4) is 5.75 Å². The Morgan fingerprint density at radius 3 is 2.24 bits per heavy atom. The van der Waals surface area contributed by atoms with Gasteiger partial charge in [-0.1, -0.05) is 0 Å². The second kappa shape index (κ2) is 5.29. The van der Waals surface area contributed by atoms with Gasteiger partial charge in [-0.15, -0.1) is 0 Å². The summed E-state index contributed by atoms with van der Waals surface area (Å²) in [5, 5.41) is 10.4. The number of hydrogen-bond donors (Lipinski definition) is 0. The largest absolute Gasteiger partial charge is 0.425 e. The van der Waals surface area contributed by atoms with Crippen LogP contribution in [0.2, 0.25) is 0 Å².